The lowest BCUT2D eigenvalue weighted by molar-refractivity contribution is 0.415. The number of hydrogen-bond donors (Lipinski definition) is 1. The highest BCUT2D eigenvalue weighted by atomic mass is 79.9. The highest BCUT2D eigenvalue weighted by Crippen LogP contribution is 2.34. The Morgan fingerprint density at radius 1 is 1.12 bits per heavy atom. The van der Waals surface area contributed by atoms with Gasteiger partial charge in [0.2, 0.25) is 0 Å². The number of hydrogen-bond acceptors (Lipinski definition) is 3. The van der Waals surface area contributed by atoms with Crippen LogP contribution in [0.1, 0.15) is 18.4 Å². The summed E-state index contributed by atoms with van der Waals surface area (Å²) in [6.07, 6.45) is 3.39. The van der Waals surface area contributed by atoms with Gasteiger partial charge in [0.05, 0.1) is 18.5 Å². The lowest BCUT2D eigenvalue weighted by Gasteiger charge is -2.09. The van der Waals surface area contributed by atoms with Gasteiger partial charge in [0.15, 0.2) is 0 Å². The first kappa shape index (κ1) is 16.2. The monoisotopic (exact) mass is 397 g/mol. The average Bonchev–Trinajstić information content (AvgIpc) is 2.83. The van der Waals surface area contributed by atoms with Gasteiger partial charge in [0.25, 0.3) is 0 Å². The topological polar surface area (TPSA) is 39.1 Å². The summed E-state index contributed by atoms with van der Waals surface area (Å²) in [5.74, 6) is 1.97. The summed E-state index contributed by atoms with van der Waals surface area (Å²) in [6.45, 7) is 0.981. The van der Waals surface area contributed by atoms with Gasteiger partial charge < -0.3 is 10.1 Å². The number of rotatable bonds is 3. The standard InChI is InChI=1S/C20H20BrN3O/c1-25-17-10-8-14(9-11-17)19-18-7-2-3-12-22-20(18)24(23-19)16-6-4-5-15(21)13-16/h4-6,8-11,13,22H,2-3,7,12H2,1H3. The zero-order valence-corrected chi connectivity index (χ0v) is 15.7. The molecule has 5 heteroatoms. The van der Waals surface area contributed by atoms with Crippen LogP contribution < -0.4 is 10.1 Å². The first-order valence-corrected chi connectivity index (χ1v) is 9.32. The number of benzene rings is 2. The Hall–Kier alpha value is -2.27. The number of fused-ring (bicyclic) bond motifs is 1. The van der Waals surface area contributed by atoms with Gasteiger partial charge in [-0.2, -0.15) is 5.10 Å². The van der Waals surface area contributed by atoms with Crippen molar-refractivity contribution in [3.05, 3.63) is 58.6 Å². The number of nitrogens with zero attached hydrogens (tertiary/aromatic N) is 2. The van der Waals surface area contributed by atoms with Gasteiger partial charge in [-0.3, -0.25) is 0 Å². The molecule has 0 unspecified atom stereocenters. The Morgan fingerprint density at radius 3 is 2.72 bits per heavy atom. The van der Waals surface area contributed by atoms with Crippen molar-refractivity contribution in [1.82, 2.24) is 9.78 Å². The summed E-state index contributed by atoms with van der Waals surface area (Å²) in [4.78, 5) is 0. The number of nitrogens with one attached hydrogen (secondary N) is 1. The second-order valence-corrected chi connectivity index (χ2v) is 7.10. The van der Waals surface area contributed by atoms with Crippen LogP contribution in [0.2, 0.25) is 0 Å². The predicted octanol–water partition coefficient (Wildman–Crippen LogP) is 5.06. The van der Waals surface area contributed by atoms with Crippen LogP contribution in [0.3, 0.4) is 0 Å². The smallest absolute Gasteiger partial charge is 0.133 e. The molecule has 0 bridgehead atoms. The van der Waals surface area contributed by atoms with Gasteiger partial charge >= 0.3 is 0 Å². The van der Waals surface area contributed by atoms with Gasteiger partial charge in [-0.1, -0.05) is 22.0 Å². The van der Waals surface area contributed by atoms with Crippen molar-refractivity contribution in [2.45, 2.75) is 19.3 Å². The molecule has 0 saturated carbocycles. The first-order chi connectivity index (χ1) is 12.3. The minimum atomic E-state index is 0.861. The zero-order valence-electron chi connectivity index (χ0n) is 14.1. The van der Waals surface area contributed by atoms with Crippen LogP contribution in [0.25, 0.3) is 16.9 Å². The summed E-state index contributed by atoms with van der Waals surface area (Å²) in [6, 6.07) is 16.4. The van der Waals surface area contributed by atoms with E-state index in [4.69, 9.17) is 9.84 Å². The van der Waals surface area contributed by atoms with E-state index >= 15 is 0 Å². The first-order valence-electron chi connectivity index (χ1n) is 8.52. The second kappa shape index (κ2) is 6.92. The molecule has 0 amide bonds. The van der Waals surface area contributed by atoms with Crippen molar-refractivity contribution < 1.29 is 4.74 Å². The molecular weight excluding hydrogens is 378 g/mol. The van der Waals surface area contributed by atoms with Gasteiger partial charge in [0, 0.05) is 22.1 Å². The van der Waals surface area contributed by atoms with Crippen molar-refractivity contribution in [3.63, 3.8) is 0 Å². The molecule has 0 fully saturated rings. The van der Waals surface area contributed by atoms with E-state index in [0.717, 1.165) is 46.0 Å². The Balaban J connectivity index is 1.86. The van der Waals surface area contributed by atoms with Crippen molar-refractivity contribution in [2.24, 2.45) is 0 Å². The largest absolute Gasteiger partial charge is 0.497 e. The maximum absolute atomic E-state index is 5.28. The molecule has 0 atom stereocenters. The predicted molar refractivity (Wildman–Crippen MR) is 105 cm³/mol. The van der Waals surface area contributed by atoms with Crippen LogP contribution in [0.15, 0.2) is 53.0 Å². The van der Waals surface area contributed by atoms with Gasteiger partial charge in [-0.15, -0.1) is 0 Å². The van der Waals surface area contributed by atoms with Crippen molar-refractivity contribution >= 4 is 21.7 Å². The van der Waals surface area contributed by atoms with Crippen LogP contribution in [-0.4, -0.2) is 23.4 Å². The van der Waals surface area contributed by atoms with E-state index in [0.29, 0.717) is 0 Å². The van der Waals surface area contributed by atoms with E-state index in [1.54, 1.807) is 7.11 Å². The van der Waals surface area contributed by atoms with Crippen LogP contribution in [0, 0.1) is 0 Å². The lowest BCUT2D eigenvalue weighted by atomic mass is 10.0. The Kier molecular flexibility index (Phi) is 4.49. The number of ether oxygens (including phenoxy) is 1. The summed E-state index contributed by atoms with van der Waals surface area (Å²) < 4.78 is 8.36. The maximum Gasteiger partial charge on any atom is 0.133 e. The molecule has 0 aliphatic carbocycles. The fourth-order valence-corrected chi connectivity index (χ4v) is 3.67. The van der Waals surface area contributed by atoms with E-state index in [1.807, 2.05) is 28.9 Å². The van der Waals surface area contributed by atoms with E-state index in [-0.39, 0.29) is 0 Å². The number of methoxy groups -OCH3 is 1. The van der Waals surface area contributed by atoms with Crippen molar-refractivity contribution in [3.8, 4) is 22.7 Å². The molecule has 4 rings (SSSR count). The number of halogens is 1. The Morgan fingerprint density at radius 2 is 1.96 bits per heavy atom. The summed E-state index contributed by atoms with van der Waals surface area (Å²) in [7, 11) is 1.69. The Bertz CT molecular complexity index is 886. The molecule has 0 radical (unpaired) electrons. The highest BCUT2D eigenvalue weighted by molar-refractivity contribution is 9.10. The molecule has 1 aliphatic heterocycles. The average molecular weight is 398 g/mol. The molecular formula is C20H20BrN3O. The van der Waals surface area contributed by atoms with Gasteiger partial charge in [-0.05, 0) is 61.7 Å². The number of anilines is 1. The van der Waals surface area contributed by atoms with Crippen LogP contribution in [0.5, 0.6) is 5.75 Å². The third-order valence-corrected chi connectivity index (χ3v) is 5.04. The van der Waals surface area contributed by atoms with Gasteiger partial charge in [0.1, 0.15) is 11.6 Å². The summed E-state index contributed by atoms with van der Waals surface area (Å²) in [5, 5.41) is 8.55. The van der Waals surface area contributed by atoms with Crippen molar-refractivity contribution in [2.75, 3.05) is 19.0 Å². The molecule has 25 heavy (non-hydrogen) atoms. The third-order valence-electron chi connectivity index (χ3n) is 4.55. The molecule has 2 heterocycles. The molecule has 2 aromatic carbocycles. The fraction of sp³-hybridized carbons (Fsp3) is 0.250. The van der Waals surface area contributed by atoms with E-state index in [2.05, 4.69) is 45.5 Å². The minimum absolute atomic E-state index is 0.861. The minimum Gasteiger partial charge on any atom is -0.497 e. The summed E-state index contributed by atoms with van der Waals surface area (Å²) in [5.41, 5.74) is 4.52. The molecule has 0 saturated heterocycles. The Labute approximate surface area is 156 Å². The summed E-state index contributed by atoms with van der Waals surface area (Å²) >= 11 is 3.56. The second-order valence-electron chi connectivity index (χ2n) is 6.18. The van der Waals surface area contributed by atoms with E-state index < -0.39 is 0 Å². The molecule has 3 aromatic rings. The normalized spacial score (nSPS) is 13.7. The zero-order chi connectivity index (χ0) is 17.2. The molecule has 0 spiro atoms. The van der Waals surface area contributed by atoms with Crippen LogP contribution in [0.4, 0.5) is 5.82 Å². The highest BCUT2D eigenvalue weighted by Gasteiger charge is 2.21. The molecule has 4 nitrogen and oxygen atoms in total. The fourth-order valence-electron chi connectivity index (χ4n) is 3.28. The van der Waals surface area contributed by atoms with E-state index in [9.17, 15) is 0 Å². The lowest BCUT2D eigenvalue weighted by Crippen LogP contribution is -2.07. The maximum atomic E-state index is 5.28. The number of aromatic nitrogens is 2. The molecule has 1 N–H and O–H groups in total. The SMILES string of the molecule is COc1ccc(-c2nn(-c3cccc(Br)c3)c3c2CCCCN3)cc1. The van der Waals surface area contributed by atoms with Crippen LogP contribution >= 0.6 is 15.9 Å². The molecule has 1 aromatic heterocycles. The third kappa shape index (κ3) is 3.16. The van der Waals surface area contributed by atoms with Gasteiger partial charge in [-0.25, -0.2) is 4.68 Å². The molecule has 128 valence electrons. The van der Waals surface area contributed by atoms with Crippen LogP contribution in [-0.2, 0) is 6.42 Å². The molecule has 1 aliphatic rings. The van der Waals surface area contributed by atoms with Crippen molar-refractivity contribution in [1.29, 1.82) is 0 Å². The quantitative estimate of drug-likeness (QED) is 0.671. The van der Waals surface area contributed by atoms with E-state index in [1.165, 1.54) is 18.4 Å².